The van der Waals surface area contributed by atoms with Crippen molar-refractivity contribution in [3.05, 3.63) is 63.6 Å². The Hall–Kier alpha value is -2.14. The molecule has 0 aliphatic rings. The van der Waals surface area contributed by atoms with E-state index >= 15 is 0 Å². The molecule has 0 unspecified atom stereocenters. The zero-order valence-corrected chi connectivity index (χ0v) is 12.3. The highest BCUT2D eigenvalue weighted by Gasteiger charge is 2.16. The standard InChI is InChI=1S/C15H12BrNO3/c1-9-5-4-8-12(13(9)16)17-14(18)10-6-2-3-7-11(10)15(19)20/h2-8H,1H3,(H,17,18)(H,19,20). The monoisotopic (exact) mass is 333 g/mol. The van der Waals surface area contributed by atoms with E-state index < -0.39 is 11.9 Å². The molecule has 20 heavy (non-hydrogen) atoms. The number of aromatic carboxylic acids is 1. The van der Waals surface area contributed by atoms with Gasteiger partial charge in [-0.25, -0.2) is 4.79 Å². The SMILES string of the molecule is Cc1cccc(NC(=O)c2ccccc2C(=O)O)c1Br. The van der Waals surface area contributed by atoms with Crippen LogP contribution in [0.3, 0.4) is 0 Å². The number of aryl methyl sites for hydroxylation is 1. The van der Waals surface area contributed by atoms with Crippen molar-refractivity contribution in [2.24, 2.45) is 0 Å². The van der Waals surface area contributed by atoms with Crippen molar-refractivity contribution in [3.63, 3.8) is 0 Å². The first-order chi connectivity index (χ1) is 9.50. The highest BCUT2D eigenvalue weighted by Crippen LogP contribution is 2.26. The van der Waals surface area contributed by atoms with Gasteiger partial charge in [-0.3, -0.25) is 4.79 Å². The third kappa shape index (κ3) is 2.88. The molecule has 0 saturated heterocycles. The van der Waals surface area contributed by atoms with E-state index in [9.17, 15) is 9.59 Å². The second-order valence-corrected chi connectivity index (χ2v) is 5.03. The van der Waals surface area contributed by atoms with Gasteiger partial charge in [0.2, 0.25) is 0 Å². The number of rotatable bonds is 3. The van der Waals surface area contributed by atoms with Gasteiger partial charge in [-0.15, -0.1) is 0 Å². The van der Waals surface area contributed by atoms with E-state index in [1.807, 2.05) is 19.1 Å². The van der Waals surface area contributed by atoms with Gasteiger partial charge < -0.3 is 10.4 Å². The maximum absolute atomic E-state index is 12.2. The number of halogens is 1. The molecule has 2 N–H and O–H groups in total. The summed E-state index contributed by atoms with van der Waals surface area (Å²) < 4.78 is 0.779. The number of hydrogen-bond donors (Lipinski definition) is 2. The molecule has 102 valence electrons. The number of hydrogen-bond acceptors (Lipinski definition) is 2. The largest absolute Gasteiger partial charge is 0.478 e. The molecule has 0 aliphatic carbocycles. The first-order valence-electron chi connectivity index (χ1n) is 5.89. The van der Waals surface area contributed by atoms with Crippen LogP contribution < -0.4 is 5.32 Å². The normalized spacial score (nSPS) is 10.1. The van der Waals surface area contributed by atoms with E-state index in [2.05, 4.69) is 21.2 Å². The van der Waals surface area contributed by atoms with Crippen molar-refractivity contribution in [2.75, 3.05) is 5.32 Å². The van der Waals surface area contributed by atoms with Crippen molar-refractivity contribution < 1.29 is 14.7 Å². The molecular weight excluding hydrogens is 322 g/mol. The summed E-state index contributed by atoms with van der Waals surface area (Å²) in [6, 6.07) is 11.6. The Kier molecular flexibility index (Phi) is 4.20. The number of anilines is 1. The van der Waals surface area contributed by atoms with E-state index in [1.165, 1.54) is 12.1 Å². The molecule has 0 radical (unpaired) electrons. The predicted octanol–water partition coefficient (Wildman–Crippen LogP) is 3.71. The van der Waals surface area contributed by atoms with Crippen molar-refractivity contribution in [3.8, 4) is 0 Å². The van der Waals surface area contributed by atoms with E-state index in [4.69, 9.17) is 5.11 Å². The van der Waals surface area contributed by atoms with Crippen molar-refractivity contribution in [2.45, 2.75) is 6.92 Å². The molecule has 0 heterocycles. The first-order valence-corrected chi connectivity index (χ1v) is 6.69. The fourth-order valence-electron chi connectivity index (χ4n) is 1.80. The van der Waals surface area contributed by atoms with Crippen LogP contribution in [-0.4, -0.2) is 17.0 Å². The Balaban J connectivity index is 2.34. The molecule has 0 fully saturated rings. The Bertz CT molecular complexity index is 683. The minimum Gasteiger partial charge on any atom is -0.478 e. The number of carbonyl (C=O) groups is 2. The van der Waals surface area contributed by atoms with E-state index in [-0.39, 0.29) is 11.1 Å². The molecule has 2 aromatic rings. The van der Waals surface area contributed by atoms with Crippen LogP contribution in [0.25, 0.3) is 0 Å². The lowest BCUT2D eigenvalue weighted by Crippen LogP contribution is -2.16. The summed E-state index contributed by atoms with van der Waals surface area (Å²) in [6.45, 7) is 1.91. The third-order valence-electron chi connectivity index (χ3n) is 2.84. The molecule has 0 saturated carbocycles. The summed E-state index contributed by atoms with van der Waals surface area (Å²) in [6.07, 6.45) is 0. The first kappa shape index (κ1) is 14.3. The van der Waals surface area contributed by atoms with Crippen LogP contribution in [0.1, 0.15) is 26.3 Å². The smallest absolute Gasteiger partial charge is 0.336 e. The minimum absolute atomic E-state index is 0.0197. The fourth-order valence-corrected chi connectivity index (χ4v) is 2.16. The van der Waals surface area contributed by atoms with Crippen LogP contribution in [0.4, 0.5) is 5.69 Å². The number of amides is 1. The zero-order chi connectivity index (χ0) is 14.7. The average Bonchev–Trinajstić information content (AvgIpc) is 2.43. The second-order valence-electron chi connectivity index (χ2n) is 4.24. The van der Waals surface area contributed by atoms with Crippen molar-refractivity contribution in [1.29, 1.82) is 0 Å². The molecular formula is C15H12BrNO3. The average molecular weight is 334 g/mol. The summed E-state index contributed by atoms with van der Waals surface area (Å²) >= 11 is 3.40. The highest BCUT2D eigenvalue weighted by atomic mass is 79.9. The fraction of sp³-hybridized carbons (Fsp3) is 0.0667. The third-order valence-corrected chi connectivity index (χ3v) is 3.89. The van der Waals surface area contributed by atoms with Gasteiger partial charge in [0.1, 0.15) is 0 Å². The Morgan fingerprint density at radius 1 is 1.05 bits per heavy atom. The summed E-state index contributed by atoms with van der Waals surface area (Å²) in [5, 5.41) is 11.8. The zero-order valence-electron chi connectivity index (χ0n) is 10.7. The number of nitrogens with one attached hydrogen (secondary N) is 1. The molecule has 0 aromatic heterocycles. The van der Waals surface area contributed by atoms with Gasteiger partial charge >= 0.3 is 5.97 Å². The Labute approximate surface area is 124 Å². The van der Waals surface area contributed by atoms with Crippen molar-refractivity contribution >= 4 is 33.5 Å². The van der Waals surface area contributed by atoms with Crippen LogP contribution in [0, 0.1) is 6.92 Å². The van der Waals surface area contributed by atoms with Gasteiger partial charge in [0.05, 0.1) is 16.8 Å². The van der Waals surface area contributed by atoms with Gasteiger partial charge in [0.25, 0.3) is 5.91 Å². The van der Waals surface area contributed by atoms with Crippen LogP contribution in [0.2, 0.25) is 0 Å². The second kappa shape index (κ2) is 5.88. The van der Waals surface area contributed by atoms with Crippen molar-refractivity contribution in [1.82, 2.24) is 0 Å². The number of carboxylic acid groups (broad SMARTS) is 1. The molecule has 0 spiro atoms. The van der Waals surface area contributed by atoms with Gasteiger partial charge in [-0.1, -0.05) is 24.3 Å². The maximum atomic E-state index is 12.2. The van der Waals surface area contributed by atoms with Gasteiger partial charge in [0, 0.05) is 4.47 Å². The summed E-state index contributed by atoms with van der Waals surface area (Å²) in [5.74, 6) is -1.58. The Morgan fingerprint density at radius 2 is 1.70 bits per heavy atom. The summed E-state index contributed by atoms with van der Waals surface area (Å²) in [4.78, 5) is 23.3. The molecule has 4 nitrogen and oxygen atoms in total. The quantitative estimate of drug-likeness (QED) is 0.899. The van der Waals surface area contributed by atoms with E-state index in [1.54, 1.807) is 18.2 Å². The van der Waals surface area contributed by atoms with Crippen LogP contribution in [0.15, 0.2) is 46.9 Å². The summed E-state index contributed by atoms with van der Waals surface area (Å²) in [7, 11) is 0. The number of carboxylic acids is 1. The van der Waals surface area contributed by atoms with E-state index in [0.717, 1.165) is 10.0 Å². The molecule has 2 rings (SSSR count). The van der Waals surface area contributed by atoms with Crippen LogP contribution in [-0.2, 0) is 0 Å². The molecule has 0 aliphatic heterocycles. The molecule has 2 aromatic carbocycles. The predicted molar refractivity (Wildman–Crippen MR) is 80.2 cm³/mol. The number of benzene rings is 2. The van der Waals surface area contributed by atoms with Gasteiger partial charge in [0.15, 0.2) is 0 Å². The topological polar surface area (TPSA) is 66.4 Å². The maximum Gasteiger partial charge on any atom is 0.336 e. The molecule has 0 bridgehead atoms. The van der Waals surface area contributed by atoms with Gasteiger partial charge in [-0.05, 0) is 46.6 Å². The lowest BCUT2D eigenvalue weighted by atomic mass is 10.1. The highest BCUT2D eigenvalue weighted by molar-refractivity contribution is 9.10. The van der Waals surface area contributed by atoms with Crippen LogP contribution in [0.5, 0.6) is 0 Å². The Morgan fingerprint density at radius 3 is 2.35 bits per heavy atom. The van der Waals surface area contributed by atoms with Crippen LogP contribution >= 0.6 is 15.9 Å². The summed E-state index contributed by atoms with van der Waals surface area (Å²) in [5.41, 5.74) is 1.70. The lowest BCUT2D eigenvalue weighted by molar-refractivity contribution is 0.0692. The van der Waals surface area contributed by atoms with Gasteiger partial charge in [-0.2, -0.15) is 0 Å². The lowest BCUT2D eigenvalue weighted by Gasteiger charge is -2.10. The number of carbonyl (C=O) groups excluding carboxylic acids is 1. The molecule has 5 heteroatoms. The molecule has 0 atom stereocenters. The molecule has 1 amide bonds. The minimum atomic E-state index is -1.13. The van der Waals surface area contributed by atoms with E-state index in [0.29, 0.717) is 5.69 Å².